The Hall–Kier alpha value is -2.44. The second-order valence-electron chi connectivity index (χ2n) is 8.73. The zero-order valence-electron chi connectivity index (χ0n) is 19.8. The lowest BCUT2D eigenvalue weighted by molar-refractivity contribution is -0.123. The molecule has 1 aromatic carbocycles. The fraction of sp³-hybridized carbons (Fsp3) is 0.667. The Morgan fingerprint density at radius 2 is 1.87 bits per heavy atom. The van der Waals surface area contributed by atoms with Gasteiger partial charge in [0.25, 0.3) is 5.91 Å². The summed E-state index contributed by atoms with van der Waals surface area (Å²) < 4.78 is 11.0. The zero-order valence-corrected chi connectivity index (χ0v) is 19.8. The first-order valence-corrected chi connectivity index (χ1v) is 11.5. The number of benzene rings is 1. The number of carbonyl (C=O) groups excluding carboxylic acids is 1. The number of hydrogen-bond donors (Lipinski definition) is 3. The van der Waals surface area contributed by atoms with Crippen LogP contribution in [0.1, 0.15) is 58.9 Å². The van der Waals surface area contributed by atoms with Crippen molar-refractivity contribution >= 4 is 11.9 Å². The van der Waals surface area contributed by atoms with Crippen LogP contribution in [-0.4, -0.2) is 45.2 Å². The predicted octanol–water partition coefficient (Wildman–Crippen LogP) is 3.48. The monoisotopic (exact) mass is 432 g/mol. The summed E-state index contributed by atoms with van der Waals surface area (Å²) >= 11 is 0. The number of aliphatic imine (C=N–C) groups is 1. The number of likely N-dealkylation sites (N-methyl/N-ethyl adjacent to an activating group) is 1. The van der Waals surface area contributed by atoms with Crippen LogP contribution in [0.2, 0.25) is 0 Å². The number of amides is 1. The van der Waals surface area contributed by atoms with Gasteiger partial charge in [-0.25, -0.2) is 4.99 Å². The van der Waals surface area contributed by atoms with Gasteiger partial charge in [-0.3, -0.25) is 4.79 Å². The Balaban J connectivity index is 1.98. The van der Waals surface area contributed by atoms with Crippen molar-refractivity contribution in [1.82, 2.24) is 16.0 Å². The quantitative estimate of drug-likeness (QED) is 0.348. The van der Waals surface area contributed by atoms with Crippen LogP contribution in [0.5, 0.6) is 11.5 Å². The van der Waals surface area contributed by atoms with Gasteiger partial charge in [0, 0.05) is 19.6 Å². The van der Waals surface area contributed by atoms with Crippen molar-refractivity contribution in [1.29, 1.82) is 0 Å². The summed E-state index contributed by atoms with van der Waals surface area (Å²) in [4.78, 5) is 16.4. The molecule has 0 aliphatic heterocycles. The fourth-order valence-corrected chi connectivity index (χ4v) is 4.10. The minimum Gasteiger partial charge on any atom is -0.493 e. The zero-order chi connectivity index (χ0) is 22.7. The third-order valence-corrected chi connectivity index (χ3v) is 5.61. The molecule has 0 saturated heterocycles. The van der Waals surface area contributed by atoms with E-state index >= 15 is 0 Å². The highest BCUT2D eigenvalue weighted by molar-refractivity contribution is 5.79. The topological polar surface area (TPSA) is 84.0 Å². The number of guanidine groups is 1. The fourth-order valence-electron chi connectivity index (χ4n) is 4.10. The van der Waals surface area contributed by atoms with Gasteiger partial charge in [0.2, 0.25) is 0 Å². The summed E-state index contributed by atoms with van der Waals surface area (Å²) in [5, 5.41) is 9.63. The average molecular weight is 433 g/mol. The van der Waals surface area contributed by atoms with Gasteiger partial charge in [0.1, 0.15) is 0 Å². The van der Waals surface area contributed by atoms with E-state index in [-0.39, 0.29) is 12.5 Å². The summed E-state index contributed by atoms with van der Waals surface area (Å²) in [6.07, 6.45) is 5.18. The molecule has 1 aromatic rings. The van der Waals surface area contributed by atoms with Gasteiger partial charge >= 0.3 is 0 Å². The minimum atomic E-state index is -0.152. The van der Waals surface area contributed by atoms with E-state index in [4.69, 9.17) is 14.5 Å². The van der Waals surface area contributed by atoms with E-state index in [2.05, 4.69) is 36.7 Å². The Morgan fingerprint density at radius 1 is 1.13 bits per heavy atom. The molecule has 174 valence electrons. The average Bonchev–Trinajstić information content (AvgIpc) is 2.72. The predicted molar refractivity (Wildman–Crippen MR) is 126 cm³/mol. The summed E-state index contributed by atoms with van der Waals surface area (Å²) in [5.74, 6) is 2.55. The molecule has 0 unspecified atom stereocenters. The molecule has 1 fully saturated rings. The molecule has 0 radical (unpaired) electrons. The molecule has 7 heteroatoms. The van der Waals surface area contributed by atoms with E-state index in [0.717, 1.165) is 24.6 Å². The Morgan fingerprint density at radius 3 is 2.45 bits per heavy atom. The van der Waals surface area contributed by atoms with Crippen LogP contribution >= 0.6 is 0 Å². The van der Waals surface area contributed by atoms with E-state index in [0.29, 0.717) is 35.9 Å². The number of ether oxygens (including phenoxy) is 2. The molecule has 1 amide bonds. The van der Waals surface area contributed by atoms with Crippen molar-refractivity contribution in [2.45, 2.75) is 59.9 Å². The number of carbonyl (C=O) groups is 1. The molecular formula is C24H40N4O3. The normalized spacial score (nSPS) is 15.2. The maximum atomic E-state index is 11.6. The summed E-state index contributed by atoms with van der Waals surface area (Å²) in [6.45, 7) is 11.4. The van der Waals surface area contributed by atoms with E-state index in [9.17, 15) is 4.79 Å². The maximum Gasteiger partial charge on any atom is 0.257 e. The molecule has 1 aliphatic carbocycles. The van der Waals surface area contributed by atoms with Crippen LogP contribution in [0, 0.1) is 11.3 Å². The van der Waals surface area contributed by atoms with Crippen LogP contribution in [0.4, 0.5) is 0 Å². The molecule has 0 aromatic heterocycles. The van der Waals surface area contributed by atoms with E-state index in [1.165, 1.54) is 25.7 Å². The van der Waals surface area contributed by atoms with Crippen LogP contribution in [0.15, 0.2) is 23.2 Å². The second kappa shape index (κ2) is 12.4. The number of rotatable bonds is 12. The maximum absolute atomic E-state index is 11.6. The van der Waals surface area contributed by atoms with Gasteiger partial charge in [-0.2, -0.15) is 0 Å². The van der Waals surface area contributed by atoms with Crippen molar-refractivity contribution in [2.24, 2.45) is 16.3 Å². The van der Waals surface area contributed by atoms with E-state index < -0.39 is 0 Å². The lowest BCUT2D eigenvalue weighted by Gasteiger charge is -2.43. The van der Waals surface area contributed by atoms with Crippen LogP contribution in [0.25, 0.3) is 0 Å². The molecule has 0 bridgehead atoms. The van der Waals surface area contributed by atoms with Crippen molar-refractivity contribution in [3.63, 3.8) is 0 Å². The molecule has 31 heavy (non-hydrogen) atoms. The second-order valence-corrected chi connectivity index (χ2v) is 8.73. The van der Waals surface area contributed by atoms with Gasteiger partial charge in [-0.1, -0.05) is 26.3 Å². The third kappa shape index (κ3) is 7.96. The number of methoxy groups -OCH3 is 1. The van der Waals surface area contributed by atoms with Crippen LogP contribution < -0.4 is 25.4 Å². The summed E-state index contributed by atoms with van der Waals surface area (Å²) in [6, 6.07) is 5.69. The molecule has 1 saturated carbocycles. The molecule has 1 aliphatic rings. The third-order valence-electron chi connectivity index (χ3n) is 5.61. The van der Waals surface area contributed by atoms with E-state index in [1.54, 1.807) is 7.11 Å². The van der Waals surface area contributed by atoms with Gasteiger partial charge in [-0.15, -0.1) is 0 Å². The van der Waals surface area contributed by atoms with Crippen molar-refractivity contribution in [3.8, 4) is 11.5 Å². The standard InChI is InChI=1S/C24H40N4O3/c1-6-25-22(29)16-31-20-10-9-19(13-21(20)30-5)15-27-23(26-7-2)28-17-24(11-8-12-24)14-18(3)4/h9-10,13,18H,6-8,11-12,14-17H2,1-5H3,(H,25,29)(H2,26,27,28). The van der Waals surface area contributed by atoms with Crippen molar-refractivity contribution in [3.05, 3.63) is 23.8 Å². The van der Waals surface area contributed by atoms with Crippen molar-refractivity contribution in [2.75, 3.05) is 33.4 Å². The first-order chi connectivity index (χ1) is 14.9. The molecule has 0 atom stereocenters. The SMILES string of the molecule is CCNC(=O)COc1ccc(CN=C(NCC)NCC2(CC(C)C)CCC2)cc1OC. The largest absolute Gasteiger partial charge is 0.493 e. The summed E-state index contributed by atoms with van der Waals surface area (Å²) in [5.41, 5.74) is 1.43. The lowest BCUT2D eigenvalue weighted by Crippen LogP contribution is -2.47. The minimum absolute atomic E-state index is 0.0334. The summed E-state index contributed by atoms with van der Waals surface area (Å²) in [7, 11) is 1.60. The first kappa shape index (κ1) is 24.8. The Bertz CT molecular complexity index is 730. The van der Waals surface area contributed by atoms with Crippen molar-refractivity contribution < 1.29 is 14.3 Å². The highest BCUT2D eigenvalue weighted by Gasteiger charge is 2.37. The van der Waals surface area contributed by atoms with Gasteiger partial charge in [-0.05, 0) is 62.1 Å². The number of nitrogens with zero attached hydrogens (tertiary/aromatic N) is 1. The van der Waals surface area contributed by atoms with E-state index in [1.807, 2.05) is 25.1 Å². The molecule has 3 N–H and O–H groups in total. The Kier molecular flexibility index (Phi) is 9.95. The molecule has 0 heterocycles. The smallest absolute Gasteiger partial charge is 0.257 e. The first-order valence-electron chi connectivity index (χ1n) is 11.5. The highest BCUT2D eigenvalue weighted by Crippen LogP contribution is 2.45. The lowest BCUT2D eigenvalue weighted by atomic mass is 9.64. The van der Waals surface area contributed by atoms with Crippen LogP contribution in [-0.2, 0) is 11.3 Å². The number of nitrogens with one attached hydrogen (secondary N) is 3. The highest BCUT2D eigenvalue weighted by atomic mass is 16.5. The van der Waals surface area contributed by atoms with Crippen LogP contribution in [0.3, 0.4) is 0 Å². The Labute approximate surface area is 187 Å². The van der Waals surface area contributed by atoms with Gasteiger partial charge in [0.05, 0.1) is 13.7 Å². The molecule has 0 spiro atoms. The van der Waals surface area contributed by atoms with Gasteiger partial charge < -0.3 is 25.4 Å². The molecule has 2 rings (SSSR count). The number of hydrogen-bond acceptors (Lipinski definition) is 4. The molecular weight excluding hydrogens is 392 g/mol. The molecule has 7 nitrogen and oxygen atoms in total. The van der Waals surface area contributed by atoms with Gasteiger partial charge in [0.15, 0.2) is 24.1 Å².